The zero-order valence-electron chi connectivity index (χ0n) is 8.23. The number of hydrogen-bond donors (Lipinski definition) is 1. The summed E-state index contributed by atoms with van der Waals surface area (Å²) in [5.41, 5.74) is 1.32. The number of rotatable bonds is 3. The zero-order chi connectivity index (χ0) is 9.80. The maximum atomic E-state index is 8.92. The van der Waals surface area contributed by atoms with Gasteiger partial charge in [0.1, 0.15) is 0 Å². The van der Waals surface area contributed by atoms with Crippen molar-refractivity contribution in [1.29, 1.82) is 0 Å². The molecule has 1 aromatic carbocycles. The Morgan fingerprint density at radius 1 is 1.14 bits per heavy atom. The van der Waals surface area contributed by atoms with E-state index in [4.69, 9.17) is 9.84 Å². The lowest BCUT2D eigenvalue weighted by atomic mass is 10.1. The predicted octanol–water partition coefficient (Wildman–Crippen LogP) is 1.77. The highest BCUT2D eigenvalue weighted by Crippen LogP contribution is 2.22. The maximum Gasteiger partial charge on any atom is 0.0810 e. The molecule has 1 aromatic rings. The summed E-state index contributed by atoms with van der Waals surface area (Å²) in [4.78, 5) is 0. The Labute approximate surface area is 84.5 Å². The van der Waals surface area contributed by atoms with Crippen molar-refractivity contribution < 1.29 is 9.84 Å². The molecule has 2 heteroatoms. The van der Waals surface area contributed by atoms with Gasteiger partial charge in [-0.3, -0.25) is 0 Å². The molecule has 0 aromatic heterocycles. The number of ether oxygens (including phenoxy) is 1. The normalized spacial score (nSPS) is 26.6. The Balaban J connectivity index is 1.88. The third-order valence-corrected chi connectivity index (χ3v) is 2.71. The molecule has 1 aliphatic heterocycles. The van der Waals surface area contributed by atoms with Gasteiger partial charge in [0.05, 0.1) is 18.8 Å². The summed E-state index contributed by atoms with van der Waals surface area (Å²) in [6.45, 7) is 0.158. The number of aliphatic hydroxyl groups excluding tert-OH is 1. The fourth-order valence-corrected chi connectivity index (χ4v) is 1.94. The van der Waals surface area contributed by atoms with Crippen LogP contribution in [0.1, 0.15) is 18.4 Å². The summed E-state index contributed by atoms with van der Waals surface area (Å²) >= 11 is 0. The van der Waals surface area contributed by atoms with Crippen LogP contribution in [0, 0.1) is 0 Å². The van der Waals surface area contributed by atoms with Crippen LogP contribution in [0.25, 0.3) is 0 Å². The Morgan fingerprint density at radius 2 is 1.86 bits per heavy atom. The quantitative estimate of drug-likeness (QED) is 0.791. The lowest BCUT2D eigenvalue weighted by Crippen LogP contribution is -2.16. The van der Waals surface area contributed by atoms with Gasteiger partial charge in [-0.25, -0.2) is 0 Å². The van der Waals surface area contributed by atoms with Crippen molar-refractivity contribution in [3.8, 4) is 0 Å². The van der Waals surface area contributed by atoms with Crippen LogP contribution < -0.4 is 0 Å². The molecule has 1 fully saturated rings. The lowest BCUT2D eigenvalue weighted by Gasteiger charge is -2.11. The second-order valence-corrected chi connectivity index (χ2v) is 3.83. The highest BCUT2D eigenvalue weighted by atomic mass is 16.5. The van der Waals surface area contributed by atoms with E-state index in [1.807, 2.05) is 18.2 Å². The van der Waals surface area contributed by atoms with Gasteiger partial charge in [0.15, 0.2) is 0 Å². The van der Waals surface area contributed by atoms with Gasteiger partial charge in [0.2, 0.25) is 0 Å². The Bertz CT molecular complexity index is 271. The first-order chi connectivity index (χ1) is 6.88. The van der Waals surface area contributed by atoms with Gasteiger partial charge in [0, 0.05) is 0 Å². The molecule has 0 amide bonds. The monoisotopic (exact) mass is 192 g/mol. The minimum absolute atomic E-state index is 0.0729. The van der Waals surface area contributed by atoms with E-state index in [0.717, 1.165) is 19.3 Å². The van der Waals surface area contributed by atoms with Gasteiger partial charge in [-0.1, -0.05) is 30.3 Å². The molecule has 0 bridgehead atoms. The van der Waals surface area contributed by atoms with Crippen molar-refractivity contribution >= 4 is 0 Å². The van der Waals surface area contributed by atoms with E-state index < -0.39 is 0 Å². The van der Waals surface area contributed by atoms with E-state index in [0.29, 0.717) is 6.10 Å². The van der Waals surface area contributed by atoms with Gasteiger partial charge in [-0.15, -0.1) is 0 Å². The number of benzene rings is 1. The van der Waals surface area contributed by atoms with Gasteiger partial charge >= 0.3 is 0 Å². The number of hydrogen-bond acceptors (Lipinski definition) is 2. The van der Waals surface area contributed by atoms with E-state index in [-0.39, 0.29) is 12.7 Å². The summed E-state index contributed by atoms with van der Waals surface area (Å²) in [7, 11) is 0. The van der Waals surface area contributed by atoms with Gasteiger partial charge in [0.25, 0.3) is 0 Å². The predicted molar refractivity (Wildman–Crippen MR) is 55.1 cm³/mol. The molecule has 0 radical (unpaired) electrons. The molecule has 1 N–H and O–H groups in total. The van der Waals surface area contributed by atoms with E-state index in [2.05, 4.69) is 12.1 Å². The van der Waals surface area contributed by atoms with Crippen LogP contribution in [0.15, 0.2) is 30.3 Å². The smallest absolute Gasteiger partial charge is 0.0810 e. The summed E-state index contributed by atoms with van der Waals surface area (Å²) in [6, 6.07) is 10.4. The molecule has 76 valence electrons. The average Bonchev–Trinajstić information content (AvgIpc) is 2.67. The molecule has 1 heterocycles. The first-order valence-corrected chi connectivity index (χ1v) is 5.18. The van der Waals surface area contributed by atoms with Crippen molar-refractivity contribution in [2.75, 3.05) is 6.61 Å². The summed E-state index contributed by atoms with van der Waals surface area (Å²) in [5.74, 6) is 0. The highest BCUT2D eigenvalue weighted by Gasteiger charge is 2.24. The molecule has 0 spiro atoms. The topological polar surface area (TPSA) is 29.5 Å². The minimum Gasteiger partial charge on any atom is -0.394 e. The highest BCUT2D eigenvalue weighted by molar-refractivity contribution is 5.15. The zero-order valence-corrected chi connectivity index (χ0v) is 8.23. The summed E-state index contributed by atoms with van der Waals surface area (Å²) in [5, 5.41) is 8.92. The fraction of sp³-hybridized carbons (Fsp3) is 0.500. The molecule has 0 saturated carbocycles. The molecule has 0 aliphatic carbocycles. The van der Waals surface area contributed by atoms with Crippen LogP contribution in [0.5, 0.6) is 0 Å². The van der Waals surface area contributed by atoms with E-state index in [9.17, 15) is 0 Å². The minimum atomic E-state index is 0.0729. The maximum absolute atomic E-state index is 8.92. The van der Waals surface area contributed by atoms with E-state index >= 15 is 0 Å². The largest absolute Gasteiger partial charge is 0.394 e. The second kappa shape index (κ2) is 4.58. The standard InChI is InChI=1S/C12H16O2/c13-9-12-7-6-11(14-12)8-10-4-2-1-3-5-10/h1-5,11-13H,6-9H2. The molecule has 1 aliphatic rings. The van der Waals surface area contributed by atoms with Crippen molar-refractivity contribution in [1.82, 2.24) is 0 Å². The van der Waals surface area contributed by atoms with E-state index in [1.165, 1.54) is 5.56 Å². The van der Waals surface area contributed by atoms with Crippen LogP contribution in [0.4, 0.5) is 0 Å². The summed E-state index contributed by atoms with van der Waals surface area (Å²) < 4.78 is 5.66. The van der Waals surface area contributed by atoms with Crippen LogP contribution >= 0.6 is 0 Å². The molecule has 2 unspecified atom stereocenters. The Morgan fingerprint density at radius 3 is 2.50 bits per heavy atom. The molecule has 1 saturated heterocycles. The number of aliphatic hydroxyl groups is 1. The van der Waals surface area contributed by atoms with Crippen LogP contribution in [-0.4, -0.2) is 23.9 Å². The average molecular weight is 192 g/mol. The first-order valence-electron chi connectivity index (χ1n) is 5.18. The SMILES string of the molecule is OCC1CCC(Cc2ccccc2)O1. The summed E-state index contributed by atoms with van der Waals surface area (Å²) in [6.07, 6.45) is 3.41. The third kappa shape index (κ3) is 2.34. The van der Waals surface area contributed by atoms with E-state index in [1.54, 1.807) is 0 Å². The lowest BCUT2D eigenvalue weighted by molar-refractivity contribution is 0.0123. The van der Waals surface area contributed by atoms with Gasteiger partial charge < -0.3 is 9.84 Å². The Hall–Kier alpha value is -0.860. The van der Waals surface area contributed by atoms with Crippen molar-refractivity contribution in [2.45, 2.75) is 31.5 Å². The molecular weight excluding hydrogens is 176 g/mol. The van der Waals surface area contributed by atoms with Crippen LogP contribution in [0.3, 0.4) is 0 Å². The van der Waals surface area contributed by atoms with Crippen LogP contribution in [-0.2, 0) is 11.2 Å². The van der Waals surface area contributed by atoms with Crippen molar-refractivity contribution in [3.05, 3.63) is 35.9 Å². The van der Waals surface area contributed by atoms with Gasteiger partial charge in [-0.2, -0.15) is 0 Å². The molecule has 2 atom stereocenters. The fourth-order valence-electron chi connectivity index (χ4n) is 1.94. The molecule has 2 rings (SSSR count). The Kier molecular flexibility index (Phi) is 3.17. The molecule has 14 heavy (non-hydrogen) atoms. The molecule has 2 nitrogen and oxygen atoms in total. The molecular formula is C12H16O2. The van der Waals surface area contributed by atoms with Gasteiger partial charge in [-0.05, 0) is 24.8 Å². The third-order valence-electron chi connectivity index (χ3n) is 2.71. The van der Waals surface area contributed by atoms with Crippen molar-refractivity contribution in [3.63, 3.8) is 0 Å². The van der Waals surface area contributed by atoms with Crippen molar-refractivity contribution in [2.24, 2.45) is 0 Å². The second-order valence-electron chi connectivity index (χ2n) is 3.83. The van der Waals surface area contributed by atoms with Crippen LogP contribution in [0.2, 0.25) is 0 Å². The first kappa shape index (κ1) is 9.69.